The SMILES string of the molecule is CC(C)(CNC(=O)C1CCNC1)C1CCCCC1. The molecule has 3 nitrogen and oxygen atoms in total. The van der Waals surface area contributed by atoms with Crippen molar-refractivity contribution < 1.29 is 4.79 Å². The third-order valence-electron chi connectivity index (χ3n) is 4.86. The molecule has 18 heavy (non-hydrogen) atoms. The molecule has 0 aromatic carbocycles. The van der Waals surface area contributed by atoms with Gasteiger partial charge in [-0.3, -0.25) is 4.79 Å². The lowest BCUT2D eigenvalue weighted by Gasteiger charge is -2.37. The molecule has 0 bridgehead atoms. The van der Waals surface area contributed by atoms with Gasteiger partial charge in [-0.2, -0.15) is 0 Å². The first-order chi connectivity index (χ1) is 8.59. The highest BCUT2D eigenvalue weighted by atomic mass is 16.1. The Balaban J connectivity index is 1.78. The predicted octanol–water partition coefficient (Wildman–Crippen LogP) is 2.32. The second-order valence-corrected chi connectivity index (χ2v) is 6.73. The van der Waals surface area contributed by atoms with E-state index in [0.717, 1.165) is 32.0 Å². The summed E-state index contributed by atoms with van der Waals surface area (Å²) in [5, 5.41) is 6.44. The van der Waals surface area contributed by atoms with Gasteiger partial charge < -0.3 is 10.6 Å². The third kappa shape index (κ3) is 3.47. The molecule has 104 valence electrons. The highest BCUT2D eigenvalue weighted by Gasteiger charge is 2.32. The fourth-order valence-electron chi connectivity index (χ4n) is 3.37. The predicted molar refractivity (Wildman–Crippen MR) is 74.3 cm³/mol. The monoisotopic (exact) mass is 252 g/mol. The molecule has 1 unspecified atom stereocenters. The van der Waals surface area contributed by atoms with Crippen LogP contribution in [0.5, 0.6) is 0 Å². The van der Waals surface area contributed by atoms with Crippen LogP contribution in [0, 0.1) is 17.3 Å². The maximum atomic E-state index is 12.0. The van der Waals surface area contributed by atoms with Crippen LogP contribution >= 0.6 is 0 Å². The molecule has 1 amide bonds. The van der Waals surface area contributed by atoms with Crippen molar-refractivity contribution in [2.75, 3.05) is 19.6 Å². The van der Waals surface area contributed by atoms with E-state index in [4.69, 9.17) is 0 Å². The third-order valence-corrected chi connectivity index (χ3v) is 4.86. The molecule has 1 saturated carbocycles. The average Bonchev–Trinajstić information content (AvgIpc) is 2.91. The number of hydrogen-bond donors (Lipinski definition) is 2. The van der Waals surface area contributed by atoms with E-state index in [-0.39, 0.29) is 17.2 Å². The summed E-state index contributed by atoms with van der Waals surface area (Å²) in [7, 11) is 0. The Kier molecular flexibility index (Phi) is 4.66. The Bertz CT molecular complexity index is 276. The van der Waals surface area contributed by atoms with Gasteiger partial charge in [0.1, 0.15) is 0 Å². The second-order valence-electron chi connectivity index (χ2n) is 6.73. The van der Waals surface area contributed by atoms with Crippen molar-refractivity contribution in [3.05, 3.63) is 0 Å². The molecule has 0 radical (unpaired) electrons. The first-order valence-corrected chi connectivity index (χ1v) is 7.58. The van der Waals surface area contributed by atoms with E-state index in [1.54, 1.807) is 0 Å². The summed E-state index contributed by atoms with van der Waals surface area (Å²) < 4.78 is 0. The highest BCUT2D eigenvalue weighted by molar-refractivity contribution is 5.79. The number of nitrogens with one attached hydrogen (secondary N) is 2. The largest absolute Gasteiger partial charge is 0.355 e. The summed E-state index contributed by atoms with van der Waals surface area (Å²) in [4.78, 5) is 12.0. The fraction of sp³-hybridized carbons (Fsp3) is 0.933. The lowest BCUT2D eigenvalue weighted by atomic mass is 9.71. The lowest BCUT2D eigenvalue weighted by molar-refractivity contribution is -0.125. The molecule has 2 aliphatic rings. The van der Waals surface area contributed by atoms with Crippen molar-refractivity contribution in [3.8, 4) is 0 Å². The van der Waals surface area contributed by atoms with E-state index < -0.39 is 0 Å². The summed E-state index contributed by atoms with van der Waals surface area (Å²) in [6.07, 6.45) is 7.81. The van der Waals surface area contributed by atoms with E-state index in [1.807, 2.05) is 0 Å². The quantitative estimate of drug-likeness (QED) is 0.806. The van der Waals surface area contributed by atoms with Gasteiger partial charge in [0.2, 0.25) is 5.91 Å². The molecule has 2 rings (SSSR count). The van der Waals surface area contributed by atoms with Gasteiger partial charge in [0.15, 0.2) is 0 Å². The molecule has 1 aliphatic heterocycles. The van der Waals surface area contributed by atoms with E-state index >= 15 is 0 Å². The molecule has 1 heterocycles. The second kappa shape index (κ2) is 6.05. The molecule has 3 heteroatoms. The van der Waals surface area contributed by atoms with E-state index in [1.165, 1.54) is 32.1 Å². The van der Waals surface area contributed by atoms with E-state index in [2.05, 4.69) is 24.5 Å². The maximum absolute atomic E-state index is 12.0. The van der Waals surface area contributed by atoms with Crippen molar-refractivity contribution in [2.45, 2.75) is 52.4 Å². The minimum Gasteiger partial charge on any atom is -0.355 e. The van der Waals surface area contributed by atoms with Gasteiger partial charge in [0, 0.05) is 13.1 Å². The van der Waals surface area contributed by atoms with Gasteiger partial charge >= 0.3 is 0 Å². The van der Waals surface area contributed by atoms with Crippen LogP contribution in [-0.4, -0.2) is 25.5 Å². The minimum absolute atomic E-state index is 0.201. The van der Waals surface area contributed by atoms with Gasteiger partial charge in [0.25, 0.3) is 0 Å². The Morgan fingerprint density at radius 3 is 2.56 bits per heavy atom. The zero-order chi connectivity index (χ0) is 13.0. The number of amides is 1. The van der Waals surface area contributed by atoms with Gasteiger partial charge in [-0.05, 0) is 37.1 Å². The van der Waals surface area contributed by atoms with Crippen molar-refractivity contribution in [3.63, 3.8) is 0 Å². The molecule has 0 spiro atoms. The standard InChI is InChI=1S/C15H28N2O/c1-15(2,13-6-4-3-5-7-13)11-17-14(18)12-8-9-16-10-12/h12-13,16H,3-11H2,1-2H3,(H,17,18). The number of hydrogen-bond acceptors (Lipinski definition) is 2. The van der Waals surface area contributed by atoms with Crippen LogP contribution in [0.3, 0.4) is 0 Å². The summed E-state index contributed by atoms with van der Waals surface area (Å²) in [6, 6.07) is 0. The van der Waals surface area contributed by atoms with E-state index in [9.17, 15) is 4.79 Å². The van der Waals surface area contributed by atoms with Gasteiger partial charge in [0.05, 0.1) is 5.92 Å². The van der Waals surface area contributed by atoms with Crippen LogP contribution in [-0.2, 0) is 4.79 Å². The number of carbonyl (C=O) groups is 1. The Morgan fingerprint density at radius 1 is 1.22 bits per heavy atom. The van der Waals surface area contributed by atoms with Crippen molar-refractivity contribution >= 4 is 5.91 Å². The molecule has 2 N–H and O–H groups in total. The molecule has 0 aromatic heterocycles. The molecule has 1 atom stereocenters. The normalized spacial score (nSPS) is 26.2. The topological polar surface area (TPSA) is 41.1 Å². The smallest absolute Gasteiger partial charge is 0.224 e. The summed E-state index contributed by atoms with van der Waals surface area (Å²) in [5.74, 6) is 1.24. The van der Waals surface area contributed by atoms with Crippen LogP contribution in [0.25, 0.3) is 0 Å². The first kappa shape index (κ1) is 13.9. The van der Waals surface area contributed by atoms with Gasteiger partial charge in [-0.15, -0.1) is 0 Å². The Morgan fingerprint density at radius 2 is 1.94 bits per heavy atom. The van der Waals surface area contributed by atoms with Gasteiger partial charge in [-0.25, -0.2) is 0 Å². The van der Waals surface area contributed by atoms with Crippen molar-refractivity contribution in [2.24, 2.45) is 17.3 Å². The van der Waals surface area contributed by atoms with Crippen LogP contribution in [0.4, 0.5) is 0 Å². The summed E-state index contributed by atoms with van der Waals surface area (Å²) >= 11 is 0. The molecular weight excluding hydrogens is 224 g/mol. The fourth-order valence-corrected chi connectivity index (χ4v) is 3.37. The average molecular weight is 252 g/mol. The van der Waals surface area contributed by atoms with Crippen molar-refractivity contribution in [1.82, 2.24) is 10.6 Å². The summed E-state index contributed by atoms with van der Waals surface area (Å²) in [6.45, 7) is 7.32. The molecule has 1 saturated heterocycles. The van der Waals surface area contributed by atoms with Gasteiger partial charge in [-0.1, -0.05) is 33.1 Å². The lowest BCUT2D eigenvalue weighted by Crippen LogP contribution is -2.42. The Labute approximate surface area is 111 Å². The maximum Gasteiger partial charge on any atom is 0.224 e. The minimum atomic E-state index is 0.201. The molecule has 0 aromatic rings. The van der Waals surface area contributed by atoms with E-state index in [0.29, 0.717) is 0 Å². The Hall–Kier alpha value is -0.570. The van der Waals surface area contributed by atoms with Crippen LogP contribution in [0.15, 0.2) is 0 Å². The molecule has 1 aliphatic carbocycles. The summed E-state index contributed by atoms with van der Waals surface area (Å²) in [5.41, 5.74) is 0.252. The van der Waals surface area contributed by atoms with Crippen LogP contribution < -0.4 is 10.6 Å². The van der Waals surface area contributed by atoms with Crippen LogP contribution in [0.2, 0.25) is 0 Å². The van der Waals surface area contributed by atoms with Crippen LogP contribution in [0.1, 0.15) is 52.4 Å². The number of rotatable bonds is 4. The zero-order valence-electron chi connectivity index (χ0n) is 11.9. The van der Waals surface area contributed by atoms with Crippen molar-refractivity contribution in [1.29, 1.82) is 0 Å². The number of carbonyl (C=O) groups excluding carboxylic acids is 1. The zero-order valence-corrected chi connectivity index (χ0v) is 11.9. The highest BCUT2D eigenvalue weighted by Crippen LogP contribution is 2.37. The molecule has 2 fully saturated rings. The molecular formula is C15H28N2O. The first-order valence-electron chi connectivity index (χ1n) is 7.58.